The summed E-state index contributed by atoms with van der Waals surface area (Å²) < 4.78 is 26.8. The van der Waals surface area contributed by atoms with E-state index >= 15 is 0 Å². The summed E-state index contributed by atoms with van der Waals surface area (Å²) in [6, 6.07) is 20.3. The first-order valence-corrected chi connectivity index (χ1v) is 12.7. The largest absolute Gasteiger partial charge is 0.298 e. The van der Waals surface area contributed by atoms with Crippen molar-refractivity contribution in [2.24, 2.45) is 0 Å². The molecule has 2 heterocycles. The summed E-state index contributed by atoms with van der Waals surface area (Å²) in [5.74, 6) is -0.325. The van der Waals surface area contributed by atoms with Crippen LogP contribution in [0.2, 0.25) is 0 Å². The van der Waals surface area contributed by atoms with Gasteiger partial charge in [0, 0.05) is 29.6 Å². The van der Waals surface area contributed by atoms with E-state index in [1.54, 1.807) is 0 Å². The van der Waals surface area contributed by atoms with E-state index in [1.807, 2.05) is 23.6 Å². The summed E-state index contributed by atoms with van der Waals surface area (Å²) >= 11 is 1.35. The van der Waals surface area contributed by atoms with Gasteiger partial charge in [0.1, 0.15) is 0 Å². The fourth-order valence-electron chi connectivity index (χ4n) is 3.84. The lowest BCUT2D eigenvalue weighted by Crippen LogP contribution is -2.27. The number of rotatable bonds is 5. The molecule has 0 saturated carbocycles. The minimum absolute atomic E-state index is 0.212. The third kappa shape index (κ3) is 4.04. The number of benzene rings is 3. The fourth-order valence-corrected chi connectivity index (χ4v) is 6.07. The highest BCUT2D eigenvalue weighted by Crippen LogP contribution is 2.28. The summed E-state index contributed by atoms with van der Waals surface area (Å²) in [5.41, 5.74) is 2.16. The zero-order chi connectivity index (χ0) is 22.1. The first-order valence-electron chi connectivity index (χ1n) is 10.4. The first-order chi connectivity index (χ1) is 15.5. The highest BCUT2D eigenvalue weighted by atomic mass is 32.2. The molecular weight excluding hydrogens is 442 g/mol. The number of sulfonamides is 1. The second-order valence-electron chi connectivity index (χ2n) is 7.69. The van der Waals surface area contributed by atoms with Gasteiger partial charge >= 0.3 is 0 Å². The van der Waals surface area contributed by atoms with Gasteiger partial charge in [-0.3, -0.25) is 10.1 Å². The van der Waals surface area contributed by atoms with E-state index in [9.17, 15) is 13.2 Å². The van der Waals surface area contributed by atoms with Crippen LogP contribution in [0.4, 0.5) is 5.13 Å². The van der Waals surface area contributed by atoms with Crippen LogP contribution in [0.3, 0.4) is 0 Å². The summed E-state index contributed by atoms with van der Waals surface area (Å²) in [4.78, 5) is 17.4. The number of hydrogen-bond donors (Lipinski definition) is 1. The smallest absolute Gasteiger partial charge is 0.257 e. The number of nitrogens with zero attached hydrogens (tertiary/aromatic N) is 2. The molecule has 0 radical (unpaired) electrons. The maximum Gasteiger partial charge on any atom is 0.257 e. The third-order valence-corrected chi connectivity index (χ3v) is 8.26. The predicted octanol–water partition coefficient (Wildman–Crippen LogP) is 5.00. The summed E-state index contributed by atoms with van der Waals surface area (Å²) in [6.07, 6.45) is 1.77. The normalized spacial score (nSPS) is 14.6. The Kier molecular flexibility index (Phi) is 5.50. The van der Waals surface area contributed by atoms with Crippen molar-refractivity contribution in [3.63, 3.8) is 0 Å². The average Bonchev–Trinajstić information content (AvgIpc) is 3.52. The SMILES string of the molecule is O=C(Nc1nc(-c2ccc3ccccc3c2)cs1)c1ccc(S(=O)(=O)N2CCCC2)cc1. The van der Waals surface area contributed by atoms with Crippen molar-refractivity contribution in [3.8, 4) is 11.3 Å². The van der Waals surface area contributed by atoms with Crippen molar-refractivity contribution in [2.75, 3.05) is 18.4 Å². The van der Waals surface area contributed by atoms with Gasteiger partial charge in [-0.25, -0.2) is 13.4 Å². The van der Waals surface area contributed by atoms with Crippen LogP contribution in [-0.4, -0.2) is 36.7 Å². The molecule has 0 atom stereocenters. The van der Waals surface area contributed by atoms with Gasteiger partial charge < -0.3 is 0 Å². The maximum atomic E-state index is 12.6. The molecule has 1 N–H and O–H groups in total. The van der Waals surface area contributed by atoms with Gasteiger partial charge in [-0.1, -0.05) is 36.4 Å². The van der Waals surface area contributed by atoms with Gasteiger partial charge in [-0.15, -0.1) is 11.3 Å². The molecule has 0 unspecified atom stereocenters. The van der Waals surface area contributed by atoms with Gasteiger partial charge in [0.15, 0.2) is 5.13 Å². The van der Waals surface area contributed by atoms with Crippen molar-refractivity contribution in [2.45, 2.75) is 17.7 Å². The lowest BCUT2D eigenvalue weighted by molar-refractivity contribution is 0.102. The predicted molar refractivity (Wildman–Crippen MR) is 127 cm³/mol. The van der Waals surface area contributed by atoms with Crippen LogP contribution in [0.5, 0.6) is 0 Å². The van der Waals surface area contributed by atoms with Crippen molar-refractivity contribution in [1.82, 2.24) is 9.29 Å². The molecule has 5 rings (SSSR count). The Bertz CT molecular complexity index is 1390. The van der Waals surface area contributed by atoms with Crippen LogP contribution < -0.4 is 5.32 Å². The number of aromatic nitrogens is 1. The molecule has 1 aliphatic heterocycles. The first kappa shape index (κ1) is 20.8. The Morgan fingerprint density at radius 1 is 0.938 bits per heavy atom. The van der Waals surface area contributed by atoms with Gasteiger partial charge in [-0.05, 0) is 53.9 Å². The Balaban J connectivity index is 1.30. The summed E-state index contributed by atoms with van der Waals surface area (Å²) in [7, 11) is -3.49. The Morgan fingerprint density at radius 2 is 1.66 bits per heavy atom. The molecule has 0 bridgehead atoms. The number of fused-ring (bicyclic) bond motifs is 1. The third-order valence-electron chi connectivity index (χ3n) is 5.59. The van der Waals surface area contributed by atoms with E-state index in [1.165, 1.54) is 39.9 Å². The molecule has 4 aromatic rings. The average molecular weight is 464 g/mol. The lowest BCUT2D eigenvalue weighted by atomic mass is 10.1. The zero-order valence-corrected chi connectivity index (χ0v) is 18.8. The Hall–Kier alpha value is -3.07. The van der Waals surface area contributed by atoms with E-state index in [0.29, 0.717) is 23.8 Å². The molecule has 6 nitrogen and oxygen atoms in total. The topological polar surface area (TPSA) is 79.4 Å². The quantitative estimate of drug-likeness (QED) is 0.452. The summed E-state index contributed by atoms with van der Waals surface area (Å²) in [6.45, 7) is 1.10. The van der Waals surface area contributed by atoms with E-state index in [2.05, 4.69) is 34.6 Å². The van der Waals surface area contributed by atoms with Crippen LogP contribution in [0, 0.1) is 0 Å². The van der Waals surface area contributed by atoms with Crippen molar-refractivity contribution < 1.29 is 13.2 Å². The van der Waals surface area contributed by atoms with Gasteiger partial charge in [-0.2, -0.15) is 4.31 Å². The molecule has 1 saturated heterocycles. The minimum atomic E-state index is -3.49. The second-order valence-corrected chi connectivity index (χ2v) is 10.5. The molecular formula is C24H21N3O3S2. The van der Waals surface area contributed by atoms with Crippen LogP contribution in [-0.2, 0) is 10.0 Å². The van der Waals surface area contributed by atoms with Gasteiger partial charge in [0.05, 0.1) is 10.6 Å². The van der Waals surface area contributed by atoms with Crippen LogP contribution in [0.1, 0.15) is 23.2 Å². The lowest BCUT2D eigenvalue weighted by Gasteiger charge is -2.15. The maximum absolute atomic E-state index is 12.6. The summed E-state index contributed by atoms with van der Waals surface area (Å²) in [5, 5.41) is 7.50. The number of carbonyl (C=O) groups excluding carboxylic acids is 1. The van der Waals surface area contributed by atoms with E-state index in [-0.39, 0.29) is 10.8 Å². The molecule has 8 heteroatoms. The number of nitrogens with one attached hydrogen (secondary N) is 1. The number of hydrogen-bond acceptors (Lipinski definition) is 5. The molecule has 162 valence electrons. The number of carbonyl (C=O) groups is 1. The highest BCUT2D eigenvalue weighted by Gasteiger charge is 2.27. The molecule has 1 aromatic heterocycles. The van der Waals surface area contributed by atoms with E-state index in [0.717, 1.165) is 34.9 Å². The number of amides is 1. The number of anilines is 1. The standard InChI is InChI=1S/C24H21N3O3S2/c28-23(18-9-11-21(12-10-18)32(29,30)27-13-3-4-14-27)26-24-25-22(16-31-24)20-8-7-17-5-1-2-6-19(17)15-20/h1-2,5-12,15-16H,3-4,13-14H2,(H,25,26,28). The van der Waals surface area contributed by atoms with E-state index < -0.39 is 10.0 Å². The molecule has 32 heavy (non-hydrogen) atoms. The molecule has 1 aliphatic rings. The monoisotopic (exact) mass is 463 g/mol. The van der Waals surface area contributed by atoms with Crippen molar-refractivity contribution >= 4 is 43.2 Å². The molecule has 0 aliphatic carbocycles. The molecule has 3 aromatic carbocycles. The van der Waals surface area contributed by atoms with Gasteiger partial charge in [0.25, 0.3) is 5.91 Å². The molecule has 0 spiro atoms. The molecule has 1 amide bonds. The van der Waals surface area contributed by atoms with Gasteiger partial charge in [0.2, 0.25) is 10.0 Å². The number of thiazole rings is 1. The Labute approximate surface area is 190 Å². The van der Waals surface area contributed by atoms with Crippen molar-refractivity contribution in [3.05, 3.63) is 77.7 Å². The van der Waals surface area contributed by atoms with Crippen LogP contribution in [0.25, 0.3) is 22.0 Å². The second kappa shape index (κ2) is 8.46. The Morgan fingerprint density at radius 3 is 2.41 bits per heavy atom. The van der Waals surface area contributed by atoms with Crippen molar-refractivity contribution in [1.29, 1.82) is 0 Å². The van der Waals surface area contributed by atoms with Crippen LogP contribution >= 0.6 is 11.3 Å². The van der Waals surface area contributed by atoms with Crippen LogP contribution in [0.15, 0.2) is 77.0 Å². The fraction of sp³-hybridized carbons (Fsp3) is 0.167. The highest BCUT2D eigenvalue weighted by molar-refractivity contribution is 7.89. The van der Waals surface area contributed by atoms with E-state index in [4.69, 9.17) is 0 Å². The zero-order valence-electron chi connectivity index (χ0n) is 17.2. The molecule has 1 fully saturated rings. The minimum Gasteiger partial charge on any atom is -0.298 e.